The third-order valence-corrected chi connectivity index (χ3v) is 5.70. The molecule has 2 aliphatic rings. The van der Waals surface area contributed by atoms with Crippen molar-refractivity contribution >= 4 is 51.5 Å². The molecule has 2 aromatic rings. The Balaban J connectivity index is 1.81. The van der Waals surface area contributed by atoms with E-state index in [1.165, 1.54) is 13.3 Å². The van der Waals surface area contributed by atoms with Gasteiger partial charge >= 0.3 is 0 Å². The first-order valence-electron chi connectivity index (χ1n) is 9.02. The van der Waals surface area contributed by atoms with E-state index in [4.69, 9.17) is 10.4 Å². The number of anilines is 1. The van der Waals surface area contributed by atoms with Crippen LogP contribution < -0.4 is 4.90 Å². The number of carbonyl (C=O) groups excluding carboxylic acids is 2. The summed E-state index contributed by atoms with van der Waals surface area (Å²) in [4.78, 5) is 32.6. The number of nitrogens with zero attached hydrogens (tertiary/aromatic N) is 3. The largest absolute Gasteiger partial charge is 0.356 e. The molecule has 0 aliphatic carbocycles. The molecule has 0 spiro atoms. The van der Waals surface area contributed by atoms with Crippen LogP contribution in [0.1, 0.15) is 31.7 Å². The van der Waals surface area contributed by atoms with Gasteiger partial charge in [0, 0.05) is 31.0 Å². The third kappa shape index (κ3) is 3.35. The Hall–Kier alpha value is -2.67. The summed E-state index contributed by atoms with van der Waals surface area (Å²) < 4.78 is 0. The number of hydrogen-bond donors (Lipinski definition) is 1. The number of benzene rings is 1. The second-order valence-electron chi connectivity index (χ2n) is 6.72. The molecule has 138 valence electrons. The number of nitrogens with one attached hydrogen (secondary N) is 1. The molecule has 4 rings (SSSR count). The average molecular weight is 380 g/mol. The van der Waals surface area contributed by atoms with Crippen LogP contribution in [0.15, 0.2) is 35.2 Å². The summed E-state index contributed by atoms with van der Waals surface area (Å²) in [6.45, 7) is 3.18. The van der Waals surface area contributed by atoms with Crippen LogP contribution in [0.4, 0.5) is 5.82 Å². The van der Waals surface area contributed by atoms with Crippen LogP contribution in [-0.2, 0) is 9.59 Å². The molecule has 2 aliphatic heterocycles. The molecule has 6 nitrogen and oxygen atoms in total. The van der Waals surface area contributed by atoms with Gasteiger partial charge in [-0.2, -0.15) is 0 Å². The Morgan fingerprint density at radius 3 is 2.67 bits per heavy atom. The number of aromatic nitrogens is 1. The summed E-state index contributed by atoms with van der Waals surface area (Å²) in [7, 11) is 0. The number of thioether (sulfide) groups is 1. The lowest BCUT2D eigenvalue weighted by atomic mass is 10.1. The highest BCUT2D eigenvalue weighted by molar-refractivity contribution is 8.18. The van der Waals surface area contributed by atoms with E-state index in [9.17, 15) is 9.59 Å². The van der Waals surface area contributed by atoms with E-state index in [2.05, 4.69) is 4.90 Å². The summed E-state index contributed by atoms with van der Waals surface area (Å²) in [5.74, 6) is -0.00820. The Labute approximate surface area is 161 Å². The van der Waals surface area contributed by atoms with E-state index in [0.29, 0.717) is 4.91 Å². The Morgan fingerprint density at radius 1 is 1.22 bits per heavy atom. The van der Waals surface area contributed by atoms with Gasteiger partial charge in [0.1, 0.15) is 5.82 Å². The fraction of sp³-hybridized carbons (Fsp3) is 0.300. The lowest BCUT2D eigenvalue weighted by Crippen LogP contribution is -2.33. The first-order chi connectivity index (χ1) is 13.0. The van der Waals surface area contributed by atoms with Crippen LogP contribution in [0.2, 0.25) is 0 Å². The van der Waals surface area contributed by atoms with Crippen LogP contribution in [0.3, 0.4) is 0 Å². The summed E-state index contributed by atoms with van der Waals surface area (Å²) in [6.07, 6.45) is 5.25. The highest BCUT2D eigenvalue weighted by Gasteiger charge is 2.35. The first kappa shape index (κ1) is 17.7. The zero-order valence-corrected chi connectivity index (χ0v) is 15.9. The van der Waals surface area contributed by atoms with Crippen molar-refractivity contribution < 1.29 is 9.59 Å². The molecule has 2 saturated heterocycles. The van der Waals surface area contributed by atoms with Gasteiger partial charge in [0.15, 0.2) is 5.17 Å². The maximum atomic E-state index is 12.6. The van der Waals surface area contributed by atoms with E-state index in [1.54, 1.807) is 6.08 Å². The van der Waals surface area contributed by atoms with E-state index < -0.39 is 11.8 Å². The minimum absolute atomic E-state index is 0.0491. The number of amidine groups is 1. The standard InChI is InChI=1S/C20H20N4O2S/c1-13(25)24-19(26)17(27-20(24)21)12-15-11-14-7-3-4-8-16(14)22-18(15)23-9-5-2-6-10-23/h3-4,7-8,11-12,21H,2,5-6,9-10H2,1H3/b17-12+,21-20?. The molecule has 1 aromatic heterocycles. The van der Waals surface area contributed by atoms with Crippen molar-refractivity contribution in [1.82, 2.24) is 9.88 Å². The van der Waals surface area contributed by atoms with Gasteiger partial charge in [-0.1, -0.05) is 18.2 Å². The highest BCUT2D eigenvalue weighted by Crippen LogP contribution is 2.35. The monoisotopic (exact) mass is 380 g/mol. The van der Waals surface area contributed by atoms with Crippen molar-refractivity contribution in [2.45, 2.75) is 26.2 Å². The Bertz CT molecular complexity index is 979. The number of carbonyl (C=O) groups is 2. The number of pyridine rings is 1. The number of fused-ring (bicyclic) bond motifs is 1. The molecule has 0 radical (unpaired) electrons. The molecule has 3 heterocycles. The van der Waals surface area contributed by atoms with Crippen molar-refractivity contribution in [3.8, 4) is 0 Å². The molecule has 2 fully saturated rings. The van der Waals surface area contributed by atoms with Gasteiger partial charge in [0.05, 0.1) is 10.4 Å². The predicted molar refractivity (Wildman–Crippen MR) is 109 cm³/mol. The summed E-state index contributed by atoms with van der Waals surface area (Å²) >= 11 is 1.02. The molecule has 0 saturated carbocycles. The van der Waals surface area contributed by atoms with Crippen LogP contribution in [0, 0.1) is 5.41 Å². The molecule has 0 unspecified atom stereocenters. The van der Waals surface area contributed by atoms with E-state index in [-0.39, 0.29) is 5.17 Å². The topological polar surface area (TPSA) is 77.4 Å². The quantitative estimate of drug-likeness (QED) is 0.805. The minimum Gasteiger partial charge on any atom is -0.356 e. The Kier molecular flexibility index (Phi) is 4.70. The van der Waals surface area contributed by atoms with Crippen LogP contribution in [-0.4, -0.2) is 40.0 Å². The number of amides is 2. The molecule has 0 atom stereocenters. The second-order valence-corrected chi connectivity index (χ2v) is 7.75. The fourth-order valence-corrected chi connectivity index (χ4v) is 4.38. The smallest absolute Gasteiger partial charge is 0.273 e. The molecule has 1 N–H and O–H groups in total. The van der Waals surface area contributed by atoms with E-state index in [1.807, 2.05) is 30.3 Å². The van der Waals surface area contributed by atoms with E-state index >= 15 is 0 Å². The normalized spacial score (nSPS) is 19.4. The maximum Gasteiger partial charge on any atom is 0.273 e. The molecule has 7 heteroatoms. The van der Waals surface area contributed by atoms with Crippen molar-refractivity contribution in [3.63, 3.8) is 0 Å². The predicted octanol–water partition coefficient (Wildman–Crippen LogP) is 3.62. The zero-order valence-electron chi connectivity index (χ0n) is 15.1. The molecular formula is C20H20N4O2S. The van der Waals surface area contributed by atoms with Crippen LogP contribution >= 0.6 is 11.8 Å². The van der Waals surface area contributed by atoms with Crippen LogP contribution in [0.25, 0.3) is 17.0 Å². The van der Waals surface area contributed by atoms with Crippen molar-refractivity contribution in [2.24, 2.45) is 0 Å². The van der Waals surface area contributed by atoms with Crippen molar-refractivity contribution in [3.05, 3.63) is 40.8 Å². The lowest BCUT2D eigenvalue weighted by molar-refractivity contribution is -0.135. The SMILES string of the molecule is CC(=O)N1C(=N)S/C(=C/c2cc3ccccc3nc2N2CCCCC2)C1=O. The third-order valence-electron chi connectivity index (χ3n) is 4.81. The van der Waals surface area contributed by atoms with Gasteiger partial charge in [-0.3, -0.25) is 15.0 Å². The number of rotatable bonds is 2. The van der Waals surface area contributed by atoms with E-state index in [0.717, 1.165) is 64.9 Å². The maximum absolute atomic E-state index is 12.6. The van der Waals surface area contributed by atoms with Crippen molar-refractivity contribution in [2.75, 3.05) is 18.0 Å². The number of imide groups is 1. The fourth-order valence-electron chi connectivity index (χ4n) is 3.50. The second kappa shape index (κ2) is 7.15. The average Bonchev–Trinajstić information content (AvgIpc) is 2.95. The minimum atomic E-state index is -0.436. The summed E-state index contributed by atoms with van der Waals surface area (Å²) in [6, 6.07) is 9.95. The van der Waals surface area contributed by atoms with Gasteiger partial charge in [-0.05, 0) is 49.2 Å². The highest BCUT2D eigenvalue weighted by atomic mass is 32.2. The summed E-state index contributed by atoms with van der Waals surface area (Å²) in [5.41, 5.74) is 1.77. The lowest BCUT2D eigenvalue weighted by Gasteiger charge is -2.29. The first-order valence-corrected chi connectivity index (χ1v) is 9.84. The molecule has 0 bridgehead atoms. The number of hydrogen-bond acceptors (Lipinski definition) is 6. The van der Waals surface area contributed by atoms with Crippen LogP contribution in [0.5, 0.6) is 0 Å². The molecular weight excluding hydrogens is 360 g/mol. The van der Waals surface area contributed by atoms with Gasteiger partial charge in [0.25, 0.3) is 5.91 Å². The van der Waals surface area contributed by atoms with Gasteiger partial charge < -0.3 is 4.90 Å². The van der Waals surface area contributed by atoms with Crippen molar-refractivity contribution in [1.29, 1.82) is 5.41 Å². The van der Waals surface area contributed by atoms with Gasteiger partial charge in [0.2, 0.25) is 5.91 Å². The zero-order chi connectivity index (χ0) is 19.0. The molecule has 2 amide bonds. The summed E-state index contributed by atoms with van der Waals surface area (Å²) in [5, 5.41) is 8.87. The Morgan fingerprint density at radius 2 is 1.96 bits per heavy atom. The van der Waals surface area contributed by atoms with Gasteiger partial charge in [-0.25, -0.2) is 9.88 Å². The molecule has 1 aromatic carbocycles. The van der Waals surface area contributed by atoms with Gasteiger partial charge in [-0.15, -0.1) is 0 Å². The number of piperidine rings is 1. The molecule has 27 heavy (non-hydrogen) atoms. The number of para-hydroxylation sites is 1.